The number of nitrogens with zero attached hydrogens (tertiary/aromatic N) is 3. The van der Waals surface area contributed by atoms with Crippen molar-refractivity contribution in [3.05, 3.63) is 40.5 Å². The van der Waals surface area contributed by atoms with E-state index < -0.39 is 10.8 Å². The van der Waals surface area contributed by atoms with Gasteiger partial charge in [0.25, 0.3) is 0 Å². The third-order valence-electron chi connectivity index (χ3n) is 8.17. The van der Waals surface area contributed by atoms with Gasteiger partial charge in [-0.3, -0.25) is 4.21 Å². The van der Waals surface area contributed by atoms with E-state index >= 15 is 0 Å². The van der Waals surface area contributed by atoms with Gasteiger partial charge in [0.15, 0.2) is 0 Å². The Hall–Kier alpha value is -1.70. The van der Waals surface area contributed by atoms with Crippen molar-refractivity contribution in [3.63, 3.8) is 0 Å². The topological polar surface area (TPSA) is 78.3 Å². The zero-order chi connectivity index (χ0) is 20.9. The SMILES string of the molecule is O=[S@@]1c2c(NC3(CO)CCC3)nc(N3CC4C(C3)C4c3ccc(Cl)cc3)nc2C2CC21. The zero-order valence-corrected chi connectivity index (χ0v) is 18.7. The molecule has 8 heteroatoms. The van der Waals surface area contributed by atoms with Crippen molar-refractivity contribution in [1.82, 2.24) is 9.97 Å². The first-order valence-electron chi connectivity index (χ1n) is 11.3. The normalized spacial score (nSPS) is 35.7. The molecule has 162 valence electrons. The predicted octanol–water partition coefficient (Wildman–Crippen LogP) is 3.28. The van der Waals surface area contributed by atoms with Crippen LogP contribution in [0.4, 0.5) is 11.8 Å². The van der Waals surface area contributed by atoms with Crippen LogP contribution in [0.25, 0.3) is 0 Å². The largest absolute Gasteiger partial charge is 0.394 e. The average molecular weight is 457 g/mol. The van der Waals surface area contributed by atoms with Crippen molar-refractivity contribution in [2.45, 2.75) is 53.2 Å². The van der Waals surface area contributed by atoms with Crippen LogP contribution in [0.2, 0.25) is 5.02 Å². The predicted molar refractivity (Wildman–Crippen MR) is 120 cm³/mol. The highest BCUT2D eigenvalue weighted by Crippen LogP contribution is 2.60. The molecule has 0 spiro atoms. The molecule has 2 aliphatic heterocycles. The second-order valence-electron chi connectivity index (χ2n) is 9.99. The third-order valence-corrected chi connectivity index (χ3v) is 10.3. The van der Waals surface area contributed by atoms with E-state index in [1.165, 1.54) is 5.56 Å². The molecule has 5 aliphatic rings. The highest BCUT2D eigenvalue weighted by atomic mass is 35.5. The molecule has 3 aliphatic carbocycles. The van der Waals surface area contributed by atoms with Gasteiger partial charge in [0, 0.05) is 29.3 Å². The zero-order valence-electron chi connectivity index (χ0n) is 17.1. The van der Waals surface area contributed by atoms with Gasteiger partial charge >= 0.3 is 0 Å². The maximum atomic E-state index is 13.0. The Kier molecular flexibility index (Phi) is 3.90. The Morgan fingerprint density at radius 2 is 1.94 bits per heavy atom. The fraction of sp³-hybridized carbons (Fsp3) is 0.565. The van der Waals surface area contributed by atoms with Gasteiger partial charge in [-0.15, -0.1) is 0 Å². The van der Waals surface area contributed by atoms with E-state index in [2.05, 4.69) is 22.3 Å². The van der Waals surface area contributed by atoms with Gasteiger partial charge in [-0.05, 0) is 61.1 Å². The van der Waals surface area contributed by atoms with Crippen LogP contribution >= 0.6 is 11.6 Å². The molecule has 4 unspecified atom stereocenters. The minimum Gasteiger partial charge on any atom is -0.394 e. The summed E-state index contributed by atoms with van der Waals surface area (Å²) in [6.45, 7) is 1.99. The van der Waals surface area contributed by atoms with Crippen molar-refractivity contribution in [1.29, 1.82) is 0 Å². The van der Waals surface area contributed by atoms with Gasteiger partial charge in [0.05, 0.1) is 28.6 Å². The van der Waals surface area contributed by atoms with E-state index in [9.17, 15) is 9.32 Å². The van der Waals surface area contributed by atoms with Crippen molar-refractivity contribution >= 4 is 34.2 Å². The summed E-state index contributed by atoms with van der Waals surface area (Å²) in [6.07, 6.45) is 3.93. The number of aliphatic hydroxyl groups is 1. The quantitative estimate of drug-likeness (QED) is 0.718. The number of hydrogen-bond acceptors (Lipinski definition) is 6. The molecule has 6 nitrogen and oxygen atoms in total. The molecule has 1 aromatic carbocycles. The Balaban J connectivity index is 1.17. The second-order valence-corrected chi connectivity index (χ2v) is 12.0. The highest BCUT2D eigenvalue weighted by Gasteiger charge is 2.58. The van der Waals surface area contributed by atoms with Crippen molar-refractivity contribution < 1.29 is 9.32 Å². The minimum atomic E-state index is -1.03. The summed E-state index contributed by atoms with van der Waals surface area (Å²) in [5.41, 5.74) is 2.05. The molecule has 1 saturated heterocycles. The lowest BCUT2D eigenvalue weighted by Gasteiger charge is -2.41. The van der Waals surface area contributed by atoms with Gasteiger partial charge in [-0.25, -0.2) is 4.98 Å². The molecule has 0 amide bonds. The standard InChI is InChI=1S/C23H25ClN4O2S/c24-13-4-2-12(3-5-13)18-15-9-28(10-16(15)18)22-25-19-14-8-17(14)31(30)20(19)21(26-22)27-23(11-29)6-1-7-23/h2-5,14-18,29H,1,6-11H2,(H,25,26,27)/t14?,15?,16?,17?,18?,31-/m0/s1. The maximum Gasteiger partial charge on any atom is 0.227 e. The number of fused-ring (bicyclic) bond motifs is 4. The highest BCUT2D eigenvalue weighted by molar-refractivity contribution is 7.86. The minimum absolute atomic E-state index is 0.0806. The average Bonchev–Trinajstić information content (AvgIpc) is 3.61. The molecule has 2 aromatic rings. The molecule has 7 rings (SSSR count). The number of halogens is 1. The number of anilines is 2. The smallest absolute Gasteiger partial charge is 0.227 e. The van der Waals surface area contributed by atoms with Crippen LogP contribution in [0.5, 0.6) is 0 Å². The summed E-state index contributed by atoms with van der Waals surface area (Å²) in [4.78, 5) is 12.9. The van der Waals surface area contributed by atoms with E-state index in [0.717, 1.165) is 60.3 Å². The van der Waals surface area contributed by atoms with Crippen LogP contribution in [0.15, 0.2) is 29.2 Å². The first-order valence-corrected chi connectivity index (χ1v) is 12.9. The molecule has 3 heterocycles. The molecular weight excluding hydrogens is 432 g/mol. The Labute approximate surface area is 188 Å². The molecular formula is C23H25ClN4O2S. The molecule has 2 N–H and O–H groups in total. The van der Waals surface area contributed by atoms with E-state index in [-0.39, 0.29) is 17.4 Å². The third kappa shape index (κ3) is 2.75. The summed E-state index contributed by atoms with van der Waals surface area (Å²) >= 11 is 6.05. The number of benzene rings is 1. The Bertz CT molecular complexity index is 1090. The summed E-state index contributed by atoms with van der Waals surface area (Å²) in [6, 6.07) is 8.26. The van der Waals surface area contributed by atoms with Crippen molar-refractivity contribution in [2.24, 2.45) is 11.8 Å². The van der Waals surface area contributed by atoms with Crippen LogP contribution in [-0.2, 0) is 10.8 Å². The van der Waals surface area contributed by atoms with Gasteiger partial charge < -0.3 is 15.3 Å². The van der Waals surface area contributed by atoms with Gasteiger partial charge in [-0.1, -0.05) is 23.7 Å². The van der Waals surface area contributed by atoms with Gasteiger partial charge in [-0.2, -0.15) is 4.98 Å². The lowest BCUT2D eigenvalue weighted by atomic mass is 9.77. The van der Waals surface area contributed by atoms with Crippen LogP contribution in [0.1, 0.15) is 48.8 Å². The van der Waals surface area contributed by atoms with Gasteiger partial charge in [0.1, 0.15) is 10.7 Å². The van der Waals surface area contributed by atoms with Crippen LogP contribution in [0.3, 0.4) is 0 Å². The molecule has 5 atom stereocenters. The van der Waals surface area contributed by atoms with E-state index in [1.54, 1.807) is 0 Å². The Morgan fingerprint density at radius 3 is 2.58 bits per heavy atom. The second kappa shape index (κ2) is 6.42. The molecule has 3 saturated carbocycles. The van der Waals surface area contributed by atoms with E-state index in [1.807, 2.05) is 12.1 Å². The summed E-state index contributed by atoms with van der Waals surface area (Å²) in [7, 11) is -1.03. The molecule has 1 aromatic heterocycles. The number of hydrogen-bond donors (Lipinski definition) is 2. The van der Waals surface area contributed by atoms with Crippen LogP contribution in [-0.4, -0.2) is 49.8 Å². The number of aliphatic hydroxyl groups excluding tert-OH is 1. The molecule has 31 heavy (non-hydrogen) atoms. The number of rotatable bonds is 5. The summed E-state index contributed by atoms with van der Waals surface area (Å²) < 4.78 is 13.0. The van der Waals surface area contributed by atoms with Crippen molar-refractivity contribution in [2.75, 3.05) is 29.9 Å². The number of aromatic nitrogens is 2. The lowest BCUT2D eigenvalue weighted by Crippen LogP contribution is -2.48. The monoisotopic (exact) mass is 456 g/mol. The summed E-state index contributed by atoms with van der Waals surface area (Å²) in [5.74, 6) is 3.66. The number of nitrogens with one attached hydrogen (secondary N) is 1. The van der Waals surface area contributed by atoms with E-state index in [4.69, 9.17) is 21.6 Å². The van der Waals surface area contributed by atoms with Crippen LogP contribution in [0, 0.1) is 11.8 Å². The fourth-order valence-corrected chi connectivity index (χ4v) is 7.95. The maximum absolute atomic E-state index is 13.0. The molecule has 0 radical (unpaired) electrons. The lowest BCUT2D eigenvalue weighted by molar-refractivity contribution is 0.143. The van der Waals surface area contributed by atoms with Crippen LogP contribution < -0.4 is 10.2 Å². The van der Waals surface area contributed by atoms with E-state index in [0.29, 0.717) is 29.5 Å². The van der Waals surface area contributed by atoms with Gasteiger partial charge in [0.2, 0.25) is 5.95 Å². The first kappa shape index (κ1) is 18.8. The molecule has 4 fully saturated rings. The van der Waals surface area contributed by atoms with Crippen molar-refractivity contribution in [3.8, 4) is 0 Å². The Morgan fingerprint density at radius 1 is 1.19 bits per heavy atom. The first-order chi connectivity index (χ1) is 15.1. The summed E-state index contributed by atoms with van der Waals surface area (Å²) in [5, 5.41) is 14.5. The molecule has 0 bridgehead atoms. The number of piperidine rings is 1. The fourth-order valence-electron chi connectivity index (χ4n) is 6.03.